The van der Waals surface area contributed by atoms with Crippen LogP contribution in [0, 0.1) is 0 Å². The number of hydrogen-bond donors (Lipinski definition) is 2. The molecule has 0 spiro atoms. The van der Waals surface area contributed by atoms with Gasteiger partial charge < -0.3 is 20.5 Å². The van der Waals surface area contributed by atoms with Gasteiger partial charge in [0.15, 0.2) is 0 Å². The number of rotatable bonds is 5. The van der Waals surface area contributed by atoms with Gasteiger partial charge in [0.05, 0.1) is 12.1 Å². The molecule has 0 radical (unpaired) electrons. The van der Waals surface area contributed by atoms with Crippen LogP contribution in [0.4, 0.5) is 13.2 Å². The quantitative estimate of drug-likeness (QED) is 0.838. The standard InChI is InChI=1S/C15H19F3N2O3.ClH/c1-9(20-14(21)13-6-5-12(8-19)22-13)10-3-2-4-11(7-10)23-15(16,17)18;/h2-4,7,9,12-13H,5-6,8,19H2,1H3,(H,20,21);1H/t9?,12-,13+;/m1./s1. The molecule has 1 aliphatic heterocycles. The molecule has 0 bridgehead atoms. The lowest BCUT2D eigenvalue weighted by Crippen LogP contribution is -2.37. The normalized spacial score (nSPS) is 21.7. The number of ether oxygens (including phenoxy) is 2. The summed E-state index contributed by atoms with van der Waals surface area (Å²) in [4.78, 5) is 12.1. The lowest BCUT2D eigenvalue weighted by atomic mass is 10.1. The first kappa shape index (κ1) is 20.5. The molecular weight excluding hydrogens is 349 g/mol. The highest BCUT2D eigenvalue weighted by molar-refractivity contribution is 5.85. The zero-order valence-electron chi connectivity index (χ0n) is 13.0. The third kappa shape index (κ3) is 5.85. The van der Waals surface area contributed by atoms with E-state index in [1.807, 2.05) is 0 Å². The fourth-order valence-corrected chi connectivity index (χ4v) is 2.44. The van der Waals surface area contributed by atoms with Gasteiger partial charge in [0.1, 0.15) is 11.9 Å². The first-order valence-corrected chi connectivity index (χ1v) is 7.30. The molecule has 1 saturated heterocycles. The molecule has 0 aliphatic carbocycles. The van der Waals surface area contributed by atoms with Crippen LogP contribution < -0.4 is 15.8 Å². The summed E-state index contributed by atoms with van der Waals surface area (Å²) in [5.41, 5.74) is 6.00. The van der Waals surface area contributed by atoms with Crippen LogP contribution in [0.25, 0.3) is 0 Å². The summed E-state index contributed by atoms with van der Waals surface area (Å²) < 4.78 is 46.1. The SMILES string of the molecule is CC(NC(=O)[C@@H]1CC[C@H](CN)O1)c1cccc(OC(F)(F)F)c1.Cl. The van der Waals surface area contributed by atoms with Crippen molar-refractivity contribution in [2.75, 3.05) is 6.54 Å². The summed E-state index contributed by atoms with van der Waals surface area (Å²) in [7, 11) is 0. The second-order valence-electron chi connectivity index (χ2n) is 5.41. The molecule has 24 heavy (non-hydrogen) atoms. The third-order valence-corrected chi connectivity index (χ3v) is 3.61. The van der Waals surface area contributed by atoms with E-state index >= 15 is 0 Å². The molecular formula is C15H20ClF3N2O3. The number of carbonyl (C=O) groups excluding carboxylic acids is 1. The van der Waals surface area contributed by atoms with Crippen LogP contribution in [0.5, 0.6) is 5.75 Å². The minimum atomic E-state index is -4.75. The molecule has 0 aromatic heterocycles. The van der Waals surface area contributed by atoms with Crippen molar-refractivity contribution in [3.8, 4) is 5.75 Å². The van der Waals surface area contributed by atoms with Gasteiger partial charge in [0.25, 0.3) is 0 Å². The summed E-state index contributed by atoms with van der Waals surface area (Å²) in [5.74, 6) is -0.619. The topological polar surface area (TPSA) is 73.6 Å². The molecule has 9 heteroatoms. The summed E-state index contributed by atoms with van der Waals surface area (Å²) >= 11 is 0. The highest BCUT2D eigenvalue weighted by Gasteiger charge is 2.32. The van der Waals surface area contributed by atoms with Crippen molar-refractivity contribution in [3.05, 3.63) is 29.8 Å². The van der Waals surface area contributed by atoms with Gasteiger partial charge in [-0.2, -0.15) is 0 Å². The highest BCUT2D eigenvalue weighted by atomic mass is 35.5. The highest BCUT2D eigenvalue weighted by Crippen LogP contribution is 2.26. The van der Waals surface area contributed by atoms with E-state index in [-0.39, 0.29) is 30.2 Å². The molecule has 0 saturated carbocycles. The zero-order chi connectivity index (χ0) is 17.0. The van der Waals surface area contributed by atoms with E-state index in [1.165, 1.54) is 18.2 Å². The van der Waals surface area contributed by atoms with Crippen LogP contribution >= 0.6 is 12.4 Å². The maximum atomic E-state index is 12.2. The second kappa shape index (κ2) is 8.55. The summed E-state index contributed by atoms with van der Waals surface area (Å²) in [5, 5.41) is 2.73. The first-order chi connectivity index (χ1) is 10.8. The van der Waals surface area contributed by atoms with E-state index < -0.39 is 18.5 Å². The van der Waals surface area contributed by atoms with Crippen molar-refractivity contribution in [1.29, 1.82) is 0 Å². The van der Waals surface area contributed by atoms with Gasteiger partial charge in [0.2, 0.25) is 5.91 Å². The Morgan fingerprint density at radius 3 is 2.75 bits per heavy atom. The molecule has 1 aromatic rings. The van der Waals surface area contributed by atoms with E-state index in [0.29, 0.717) is 18.5 Å². The zero-order valence-corrected chi connectivity index (χ0v) is 13.8. The number of nitrogens with two attached hydrogens (primary N) is 1. The molecule has 1 fully saturated rings. The summed E-state index contributed by atoms with van der Waals surface area (Å²) in [6.45, 7) is 2.04. The number of benzene rings is 1. The molecule has 136 valence electrons. The Morgan fingerprint density at radius 2 is 2.17 bits per heavy atom. The number of nitrogens with one attached hydrogen (secondary N) is 1. The van der Waals surface area contributed by atoms with E-state index in [0.717, 1.165) is 6.42 Å². The van der Waals surface area contributed by atoms with Crippen LogP contribution in [0.3, 0.4) is 0 Å². The molecule has 5 nitrogen and oxygen atoms in total. The van der Waals surface area contributed by atoms with Gasteiger partial charge in [-0.05, 0) is 37.5 Å². The van der Waals surface area contributed by atoms with Gasteiger partial charge in [-0.15, -0.1) is 25.6 Å². The van der Waals surface area contributed by atoms with Gasteiger partial charge >= 0.3 is 6.36 Å². The van der Waals surface area contributed by atoms with Crippen LogP contribution in [0.2, 0.25) is 0 Å². The lowest BCUT2D eigenvalue weighted by Gasteiger charge is -2.19. The number of halogens is 4. The van der Waals surface area contributed by atoms with Crippen molar-refractivity contribution >= 4 is 18.3 Å². The lowest BCUT2D eigenvalue weighted by molar-refractivity contribution is -0.274. The van der Waals surface area contributed by atoms with E-state index in [2.05, 4.69) is 10.1 Å². The van der Waals surface area contributed by atoms with Crippen LogP contribution in [0.15, 0.2) is 24.3 Å². The van der Waals surface area contributed by atoms with E-state index in [1.54, 1.807) is 13.0 Å². The number of hydrogen-bond acceptors (Lipinski definition) is 4. The van der Waals surface area contributed by atoms with Crippen molar-refractivity contribution in [2.45, 2.75) is 44.4 Å². The molecule has 1 heterocycles. The molecule has 1 amide bonds. The number of carbonyl (C=O) groups is 1. The van der Waals surface area contributed by atoms with Crippen LogP contribution in [-0.4, -0.2) is 31.0 Å². The Morgan fingerprint density at radius 1 is 1.46 bits per heavy atom. The fourth-order valence-electron chi connectivity index (χ4n) is 2.44. The molecule has 3 N–H and O–H groups in total. The average molecular weight is 369 g/mol. The van der Waals surface area contributed by atoms with Crippen molar-refractivity contribution in [1.82, 2.24) is 5.32 Å². The maximum Gasteiger partial charge on any atom is 0.573 e. The largest absolute Gasteiger partial charge is 0.573 e. The molecule has 3 atom stereocenters. The molecule has 2 rings (SSSR count). The van der Waals surface area contributed by atoms with Crippen molar-refractivity contribution < 1.29 is 27.4 Å². The Bertz CT molecular complexity index is 557. The van der Waals surface area contributed by atoms with Gasteiger partial charge in [0, 0.05) is 6.54 Å². The van der Waals surface area contributed by atoms with E-state index in [4.69, 9.17) is 10.5 Å². The third-order valence-electron chi connectivity index (χ3n) is 3.61. The Hall–Kier alpha value is -1.51. The molecule has 1 unspecified atom stereocenters. The average Bonchev–Trinajstić information content (AvgIpc) is 2.94. The van der Waals surface area contributed by atoms with Gasteiger partial charge in [-0.25, -0.2) is 0 Å². The first-order valence-electron chi connectivity index (χ1n) is 7.30. The van der Waals surface area contributed by atoms with Crippen molar-refractivity contribution in [3.63, 3.8) is 0 Å². The molecule has 1 aromatic carbocycles. The van der Waals surface area contributed by atoms with Crippen LogP contribution in [-0.2, 0) is 9.53 Å². The predicted octanol–water partition coefficient (Wildman–Crippen LogP) is 2.69. The Kier molecular flexibility index (Phi) is 7.31. The molecule has 1 aliphatic rings. The van der Waals surface area contributed by atoms with Gasteiger partial charge in [-0.1, -0.05) is 12.1 Å². The smallest absolute Gasteiger partial charge is 0.406 e. The minimum absolute atomic E-state index is 0. The maximum absolute atomic E-state index is 12.2. The minimum Gasteiger partial charge on any atom is -0.406 e. The fraction of sp³-hybridized carbons (Fsp3) is 0.533. The predicted molar refractivity (Wildman–Crippen MR) is 83.9 cm³/mol. The van der Waals surface area contributed by atoms with Crippen molar-refractivity contribution in [2.24, 2.45) is 5.73 Å². The Labute approximate surface area is 144 Å². The monoisotopic (exact) mass is 368 g/mol. The van der Waals surface area contributed by atoms with E-state index in [9.17, 15) is 18.0 Å². The van der Waals surface area contributed by atoms with Crippen LogP contribution in [0.1, 0.15) is 31.4 Å². The Balaban J connectivity index is 0.00000288. The number of alkyl halides is 3. The number of amides is 1. The second-order valence-corrected chi connectivity index (χ2v) is 5.41. The summed E-state index contributed by atoms with van der Waals surface area (Å²) in [6.07, 6.45) is -4.14. The van der Waals surface area contributed by atoms with Gasteiger partial charge in [-0.3, -0.25) is 4.79 Å². The summed E-state index contributed by atoms with van der Waals surface area (Å²) in [6, 6.07) is 5.04.